The third-order valence-electron chi connectivity index (χ3n) is 2.10. The van der Waals surface area contributed by atoms with Gasteiger partial charge in [0.2, 0.25) is 0 Å². The van der Waals surface area contributed by atoms with Gasteiger partial charge in [0.05, 0.1) is 10.0 Å². The molecule has 0 aliphatic carbocycles. The number of rotatable bonds is 2. The van der Waals surface area contributed by atoms with Gasteiger partial charge in [-0.2, -0.15) is 0 Å². The molecular weight excluding hydrogens is 215 g/mol. The zero-order chi connectivity index (χ0) is 10.6. The molecule has 0 saturated heterocycles. The molecule has 1 atom stereocenters. The lowest BCUT2D eigenvalue weighted by atomic mass is 9.98. The Bertz CT molecular complexity index is 372. The minimum absolute atomic E-state index is 0.327. The van der Waals surface area contributed by atoms with Gasteiger partial charge in [-0.3, -0.25) is 0 Å². The fourth-order valence-electron chi connectivity index (χ4n) is 1.27. The first-order valence-electron chi connectivity index (χ1n) is 4.50. The van der Waals surface area contributed by atoms with E-state index in [9.17, 15) is 0 Å². The third kappa shape index (κ3) is 2.67. The quantitative estimate of drug-likeness (QED) is 0.652. The van der Waals surface area contributed by atoms with Gasteiger partial charge in [-0.1, -0.05) is 42.3 Å². The Morgan fingerprint density at radius 3 is 2.71 bits per heavy atom. The van der Waals surface area contributed by atoms with E-state index in [2.05, 4.69) is 18.8 Å². The Kier molecular flexibility index (Phi) is 4.32. The molecular formula is C12H12Cl2. The molecule has 0 nitrogen and oxygen atoms in total. The molecule has 0 aliphatic heterocycles. The van der Waals surface area contributed by atoms with Crippen molar-refractivity contribution in [2.75, 3.05) is 0 Å². The van der Waals surface area contributed by atoms with Gasteiger partial charge in [0.1, 0.15) is 0 Å². The lowest BCUT2D eigenvalue weighted by Crippen LogP contribution is -1.93. The molecule has 1 aromatic rings. The van der Waals surface area contributed by atoms with Crippen LogP contribution in [-0.4, -0.2) is 0 Å². The summed E-state index contributed by atoms with van der Waals surface area (Å²) in [7, 11) is 0. The third-order valence-corrected chi connectivity index (χ3v) is 2.93. The number of halogens is 2. The Hall–Kier alpha value is -0.640. The van der Waals surface area contributed by atoms with E-state index in [1.807, 2.05) is 19.1 Å². The predicted octanol–water partition coefficient (Wildman–Crippen LogP) is 4.51. The summed E-state index contributed by atoms with van der Waals surface area (Å²) in [5, 5.41) is 1.26. The lowest BCUT2D eigenvalue weighted by molar-refractivity contribution is 0.796. The summed E-state index contributed by atoms with van der Waals surface area (Å²) in [6.07, 6.45) is 0.816. The molecule has 0 aromatic heterocycles. The summed E-state index contributed by atoms with van der Waals surface area (Å²) in [5.74, 6) is 6.25. The highest BCUT2D eigenvalue weighted by Crippen LogP contribution is 2.31. The summed E-state index contributed by atoms with van der Waals surface area (Å²) in [4.78, 5) is 0. The molecule has 0 saturated carbocycles. The standard InChI is InChI=1S/C12H12Cl2/c1-3-4-6-9(2)10-7-5-8-11(13)12(10)14/h5,7-9H,6H2,1-2H3. The monoisotopic (exact) mass is 226 g/mol. The topological polar surface area (TPSA) is 0 Å². The van der Waals surface area contributed by atoms with Gasteiger partial charge in [0, 0.05) is 6.42 Å². The zero-order valence-corrected chi connectivity index (χ0v) is 9.78. The van der Waals surface area contributed by atoms with Crippen LogP contribution in [0.5, 0.6) is 0 Å². The first-order valence-corrected chi connectivity index (χ1v) is 5.26. The second-order valence-corrected chi connectivity index (χ2v) is 3.96. The van der Waals surface area contributed by atoms with Crippen LogP contribution in [0.3, 0.4) is 0 Å². The molecule has 1 rings (SSSR count). The summed E-state index contributed by atoms with van der Waals surface area (Å²) in [6.45, 7) is 3.94. The van der Waals surface area contributed by atoms with E-state index in [-0.39, 0.29) is 0 Å². The molecule has 0 bridgehead atoms. The number of hydrogen-bond donors (Lipinski definition) is 0. The lowest BCUT2D eigenvalue weighted by Gasteiger charge is -2.11. The molecule has 2 heteroatoms. The van der Waals surface area contributed by atoms with E-state index in [1.165, 1.54) is 0 Å². The van der Waals surface area contributed by atoms with Crippen molar-refractivity contribution in [2.24, 2.45) is 0 Å². The molecule has 0 N–H and O–H groups in total. The van der Waals surface area contributed by atoms with Crippen LogP contribution >= 0.6 is 23.2 Å². The van der Waals surface area contributed by atoms with Crippen LogP contribution in [0.2, 0.25) is 10.0 Å². The van der Waals surface area contributed by atoms with E-state index >= 15 is 0 Å². The second kappa shape index (κ2) is 5.29. The van der Waals surface area contributed by atoms with Gasteiger partial charge in [-0.25, -0.2) is 0 Å². The van der Waals surface area contributed by atoms with Crippen molar-refractivity contribution in [3.05, 3.63) is 33.8 Å². The molecule has 0 aliphatic rings. The highest BCUT2D eigenvalue weighted by Gasteiger charge is 2.10. The molecule has 1 aromatic carbocycles. The van der Waals surface area contributed by atoms with Crippen molar-refractivity contribution in [3.8, 4) is 11.8 Å². The SMILES string of the molecule is CC#CCC(C)c1cccc(Cl)c1Cl. The number of benzene rings is 1. The van der Waals surface area contributed by atoms with Crippen LogP contribution in [0.4, 0.5) is 0 Å². The second-order valence-electron chi connectivity index (χ2n) is 3.17. The van der Waals surface area contributed by atoms with E-state index in [0.29, 0.717) is 16.0 Å². The average Bonchev–Trinajstić information content (AvgIpc) is 2.18. The molecule has 0 fully saturated rings. The van der Waals surface area contributed by atoms with Gasteiger partial charge >= 0.3 is 0 Å². The van der Waals surface area contributed by atoms with Crippen molar-refractivity contribution >= 4 is 23.2 Å². The van der Waals surface area contributed by atoms with Crippen LogP contribution < -0.4 is 0 Å². The van der Waals surface area contributed by atoms with Crippen molar-refractivity contribution in [1.82, 2.24) is 0 Å². The molecule has 0 heterocycles. The average molecular weight is 227 g/mol. The van der Waals surface area contributed by atoms with E-state index < -0.39 is 0 Å². The summed E-state index contributed by atoms with van der Waals surface area (Å²) in [6, 6.07) is 5.71. The predicted molar refractivity (Wildman–Crippen MR) is 62.9 cm³/mol. The smallest absolute Gasteiger partial charge is 0.0627 e. The molecule has 14 heavy (non-hydrogen) atoms. The largest absolute Gasteiger partial charge is 0.107 e. The first kappa shape index (κ1) is 11.4. The minimum Gasteiger partial charge on any atom is -0.107 e. The highest BCUT2D eigenvalue weighted by molar-refractivity contribution is 6.42. The Morgan fingerprint density at radius 1 is 1.36 bits per heavy atom. The maximum absolute atomic E-state index is 6.09. The van der Waals surface area contributed by atoms with E-state index in [4.69, 9.17) is 23.2 Å². The highest BCUT2D eigenvalue weighted by atomic mass is 35.5. The Morgan fingerprint density at radius 2 is 2.07 bits per heavy atom. The van der Waals surface area contributed by atoms with Gasteiger partial charge in [-0.05, 0) is 24.5 Å². The van der Waals surface area contributed by atoms with Gasteiger partial charge in [0.15, 0.2) is 0 Å². The van der Waals surface area contributed by atoms with Crippen LogP contribution in [0, 0.1) is 11.8 Å². The van der Waals surface area contributed by atoms with Crippen molar-refractivity contribution in [1.29, 1.82) is 0 Å². The van der Waals surface area contributed by atoms with Crippen LogP contribution in [0.15, 0.2) is 18.2 Å². The van der Waals surface area contributed by atoms with E-state index in [0.717, 1.165) is 12.0 Å². The Labute approximate surface area is 95.2 Å². The maximum atomic E-state index is 6.09. The minimum atomic E-state index is 0.327. The van der Waals surface area contributed by atoms with Gasteiger partial charge in [-0.15, -0.1) is 11.8 Å². The van der Waals surface area contributed by atoms with Crippen LogP contribution in [0.25, 0.3) is 0 Å². The van der Waals surface area contributed by atoms with Crippen LogP contribution in [-0.2, 0) is 0 Å². The zero-order valence-electron chi connectivity index (χ0n) is 8.27. The van der Waals surface area contributed by atoms with Crippen molar-refractivity contribution in [2.45, 2.75) is 26.2 Å². The molecule has 74 valence electrons. The molecule has 0 amide bonds. The van der Waals surface area contributed by atoms with Gasteiger partial charge < -0.3 is 0 Å². The summed E-state index contributed by atoms with van der Waals surface area (Å²) >= 11 is 12.0. The normalized spacial score (nSPS) is 11.7. The fourth-order valence-corrected chi connectivity index (χ4v) is 1.76. The van der Waals surface area contributed by atoms with E-state index in [1.54, 1.807) is 6.07 Å². The maximum Gasteiger partial charge on any atom is 0.0627 e. The molecule has 0 spiro atoms. The molecule has 1 unspecified atom stereocenters. The van der Waals surface area contributed by atoms with Crippen molar-refractivity contribution in [3.63, 3.8) is 0 Å². The van der Waals surface area contributed by atoms with Crippen LogP contribution in [0.1, 0.15) is 31.7 Å². The van der Waals surface area contributed by atoms with Crippen molar-refractivity contribution < 1.29 is 0 Å². The summed E-state index contributed by atoms with van der Waals surface area (Å²) in [5.41, 5.74) is 1.07. The fraction of sp³-hybridized carbons (Fsp3) is 0.333. The Balaban J connectivity index is 2.93. The first-order chi connectivity index (χ1) is 6.66. The number of hydrogen-bond acceptors (Lipinski definition) is 0. The molecule has 0 radical (unpaired) electrons. The van der Waals surface area contributed by atoms with Gasteiger partial charge in [0.25, 0.3) is 0 Å². The summed E-state index contributed by atoms with van der Waals surface area (Å²) < 4.78 is 0.